The van der Waals surface area contributed by atoms with E-state index < -0.39 is 5.60 Å². The fourth-order valence-corrected chi connectivity index (χ4v) is 2.59. The van der Waals surface area contributed by atoms with Crippen LogP contribution >= 0.6 is 0 Å². The van der Waals surface area contributed by atoms with Crippen LogP contribution in [0.5, 0.6) is 0 Å². The molecule has 1 heterocycles. The van der Waals surface area contributed by atoms with Crippen molar-refractivity contribution in [2.24, 2.45) is 0 Å². The summed E-state index contributed by atoms with van der Waals surface area (Å²) in [4.78, 5) is 24.4. The van der Waals surface area contributed by atoms with Crippen LogP contribution in [-0.2, 0) is 16.0 Å². The highest BCUT2D eigenvalue weighted by atomic mass is 16.6. The molecule has 1 aliphatic heterocycles. The Balaban J connectivity index is 2.00. The van der Waals surface area contributed by atoms with Gasteiger partial charge in [0.15, 0.2) is 0 Å². The molecular formula is C17H23NO3. The third kappa shape index (κ3) is 4.31. The zero-order valence-electron chi connectivity index (χ0n) is 13.0. The van der Waals surface area contributed by atoms with Crippen molar-refractivity contribution in [3.05, 3.63) is 35.4 Å². The molecule has 1 aromatic carbocycles. The first-order valence-electron chi connectivity index (χ1n) is 7.39. The van der Waals surface area contributed by atoms with Gasteiger partial charge in [-0.05, 0) is 38.3 Å². The van der Waals surface area contributed by atoms with Crippen LogP contribution in [0.4, 0.5) is 4.79 Å². The molecule has 1 aliphatic rings. The number of carbonyl (C=O) groups is 2. The van der Waals surface area contributed by atoms with Gasteiger partial charge in [-0.1, -0.05) is 24.3 Å². The van der Waals surface area contributed by atoms with Crippen LogP contribution in [-0.4, -0.2) is 36.0 Å². The number of carbonyl (C=O) groups excluding carboxylic acids is 2. The summed E-state index contributed by atoms with van der Waals surface area (Å²) in [6.45, 7) is 7.03. The molecule has 1 saturated heterocycles. The first kappa shape index (κ1) is 15.5. The van der Waals surface area contributed by atoms with Crippen molar-refractivity contribution in [3.8, 4) is 0 Å². The Bertz CT molecular complexity index is 519. The Morgan fingerprint density at radius 3 is 2.86 bits per heavy atom. The highest BCUT2D eigenvalue weighted by molar-refractivity contribution is 5.68. The minimum Gasteiger partial charge on any atom is -0.444 e. The predicted molar refractivity (Wildman–Crippen MR) is 81.4 cm³/mol. The third-order valence-electron chi connectivity index (χ3n) is 3.58. The lowest BCUT2D eigenvalue weighted by Crippen LogP contribution is -2.35. The van der Waals surface area contributed by atoms with E-state index in [-0.39, 0.29) is 6.09 Å². The van der Waals surface area contributed by atoms with Gasteiger partial charge >= 0.3 is 6.09 Å². The average Bonchev–Trinajstić information content (AvgIpc) is 2.87. The van der Waals surface area contributed by atoms with Crippen molar-refractivity contribution in [3.63, 3.8) is 0 Å². The maximum Gasteiger partial charge on any atom is 0.410 e. The molecule has 1 aromatic rings. The molecule has 2 rings (SSSR count). The Kier molecular flexibility index (Phi) is 4.66. The molecule has 0 aliphatic carbocycles. The van der Waals surface area contributed by atoms with Gasteiger partial charge in [-0.3, -0.25) is 0 Å². The Morgan fingerprint density at radius 2 is 2.19 bits per heavy atom. The van der Waals surface area contributed by atoms with Crippen LogP contribution in [0.25, 0.3) is 0 Å². The van der Waals surface area contributed by atoms with Gasteiger partial charge in [-0.2, -0.15) is 0 Å². The lowest BCUT2D eigenvalue weighted by Gasteiger charge is -2.24. The SMILES string of the molecule is CC(C)(C)OC(=O)N1CCC(c2cccc(CC=O)c2)C1. The van der Waals surface area contributed by atoms with Crippen LogP contribution in [0.3, 0.4) is 0 Å². The molecule has 0 bridgehead atoms. The number of nitrogens with zero attached hydrogens (tertiary/aromatic N) is 1. The van der Waals surface area contributed by atoms with Gasteiger partial charge in [-0.15, -0.1) is 0 Å². The summed E-state index contributed by atoms with van der Waals surface area (Å²) in [7, 11) is 0. The molecule has 0 N–H and O–H groups in total. The van der Waals surface area contributed by atoms with Crippen LogP contribution in [0, 0.1) is 0 Å². The summed E-state index contributed by atoms with van der Waals surface area (Å²) in [6, 6.07) is 8.07. The van der Waals surface area contributed by atoms with Crippen molar-refractivity contribution in [1.82, 2.24) is 4.90 Å². The van der Waals surface area contributed by atoms with E-state index in [0.29, 0.717) is 18.9 Å². The maximum atomic E-state index is 12.1. The van der Waals surface area contributed by atoms with Crippen molar-refractivity contribution in [2.75, 3.05) is 13.1 Å². The van der Waals surface area contributed by atoms with Gasteiger partial charge in [-0.25, -0.2) is 4.79 Å². The maximum absolute atomic E-state index is 12.1. The molecule has 0 radical (unpaired) electrons. The van der Waals surface area contributed by atoms with E-state index in [9.17, 15) is 9.59 Å². The zero-order valence-corrected chi connectivity index (χ0v) is 13.0. The van der Waals surface area contributed by atoms with E-state index in [4.69, 9.17) is 4.74 Å². The van der Waals surface area contributed by atoms with Crippen LogP contribution < -0.4 is 0 Å². The van der Waals surface area contributed by atoms with Gasteiger partial charge in [0, 0.05) is 25.4 Å². The van der Waals surface area contributed by atoms with Crippen molar-refractivity contribution in [1.29, 1.82) is 0 Å². The average molecular weight is 289 g/mol. The number of hydrogen-bond donors (Lipinski definition) is 0. The van der Waals surface area contributed by atoms with Gasteiger partial charge in [0.05, 0.1) is 0 Å². The second kappa shape index (κ2) is 6.29. The number of rotatable bonds is 3. The van der Waals surface area contributed by atoms with Crippen LogP contribution in [0.1, 0.15) is 44.2 Å². The molecule has 0 spiro atoms. The Labute approximate surface area is 126 Å². The van der Waals surface area contributed by atoms with Crippen LogP contribution in [0.2, 0.25) is 0 Å². The molecule has 1 amide bonds. The summed E-state index contributed by atoms with van der Waals surface area (Å²) in [6.07, 6.45) is 2.05. The number of benzene rings is 1. The molecule has 21 heavy (non-hydrogen) atoms. The highest BCUT2D eigenvalue weighted by Crippen LogP contribution is 2.28. The smallest absolute Gasteiger partial charge is 0.410 e. The van der Waals surface area contributed by atoms with E-state index >= 15 is 0 Å². The fourth-order valence-electron chi connectivity index (χ4n) is 2.59. The van der Waals surface area contributed by atoms with Crippen molar-refractivity contribution >= 4 is 12.4 Å². The van der Waals surface area contributed by atoms with E-state index in [1.54, 1.807) is 4.90 Å². The van der Waals surface area contributed by atoms with Crippen molar-refractivity contribution < 1.29 is 14.3 Å². The van der Waals surface area contributed by atoms with Crippen molar-refractivity contribution in [2.45, 2.75) is 45.1 Å². The number of ether oxygens (including phenoxy) is 1. The number of likely N-dealkylation sites (tertiary alicyclic amines) is 1. The molecule has 4 heteroatoms. The summed E-state index contributed by atoms with van der Waals surface area (Å²) in [5, 5.41) is 0. The topological polar surface area (TPSA) is 46.6 Å². The molecule has 0 aromatic heterocycles. The second-order valence-electron chi connectivity index (χ2n) is 6.53. The van der Waals surface area contributed by atoms with Gasteiger partial charge in [0.25, 0.3) is 0 Å². The Morgan fingerprint density at radius 1 is 1.43 bits per heavy atom. The van der Waals surface area contributed by atoms with Gasteiger partial charge in [0.2, 0.25) is 0 Å². The van der Waals surface area contributed by atoms with Gasteiger partial charge < -0.3 is 14.4 Å². The number of hydrogen-bond acceptors (Lipinski definition) is 3. The van der Waals surface area contributed by atoms with E-state index in [2.05, 4.69) is 12.1 Å². The molecule has 1 atom stereocenters. The Hall–Kier alpha value is -1.84. The van der Waals surface area contributed by atoms with E-state index in [1.807, 2.05) is 32.9 Å². The monoisotopic (exact) mass is 289 g/mol. The van der Waals surface area contributed by atoms with Crippen LogP contribution in [0.15, 0.2) is 24.3 Å². The minimum atomic E-state index is -0.459. The molecule has 0 saturated carbocycles. The molecular weight excluding hydrogens is 266 g/mol. The number of amides is 1. The standard InChI is InChI=1S/C17H23NO3/c1-17(2,3)21-16(20)18-9-7-15(12-18)14-6-4-5-13(11-14)8-10-19/h4-6,10-11,15H,7-9,12H2,1-3H3. The first-order valence-corrected chi connectivity index (χ1v) is 7.39. The lowest BCUT2D eigenvalue weighted by molar-refractivity contribution is -0.107. The van der Waals surface area contributed by atoms with E-state index in [0.717, 1.165) is 24.8 Å². The lowest BCUT2D eigenvalue weighted by atomic mass is 9.96. The molecule has 1 unspecified atom stereocenters. The fraction of sp³-hybridized carbons (Fsp3) is 0.529. The zero-order chi connectivity index (χ0) is 15.5. The minimum absolute atomic E-state index is 0.242. The predicted octanol–water partition coefficient (Wildman–Crippen LogP) is 3.15. The summed E-state index contributed by atoms with van der Waals surface area (Å²) in [5.41, 5.74) is 1.76. The summed E-state index contributed by atoms with van der Waals surface area (Å²) < 4.78 is 5.41. The summed E-state index contributed by atoms with van der Waals surface area (Å²) >= 11 is 0. The molecule has 1 fully saturated rings. The first-order chi connectivity index (χ1) is 9.89. The van der Waals surface area contributed by atoms with Gasteiger partial charge in [0.1, 0.15) is 11.9 Å². The van der Waals surface area contributed by atoms with E-state index in [1.165, 1.54) is 5.56 Å². The number of aldehydes is 1. The third-order valence-corrected chi connectivity index (χ3v) is 3.58. The normalized spacial score (nSPS) is 18.6. The summed E-state index contributed by atoms with van der Waals surface area (Å²) in [5.74, 6) is 0.323. The largest absolute Gasteiger partial charge is 0.444 e. The highest BCUT2D eigenvalue weighted by Gasteiger charge is 2.30. The molecule has 4 nitrogen and oxygen atoms in total. The molecule has 114 valence electrons. The quantitative estimate of drug-likeness (QED) is 0.803. The second-order valence-corrected chi connectivity index (χ2v) is 6.53.